The van der Waals surface area contributed by atoms with Crippen LogP contribution in [0.15, 0.2) is 24.3 Å². The molecule has 1 aromatic rings. The highest BCUT2D eigenvalue weighted by Crippen LogP contribution is 2.22. The monoisotopic (exact) mass is 351 g/mol. The molecule has 0 spiro atoms. The predicted octanol–water partition coefficient (Wildman–Crippen LogP) is -0.614. The summed E-state index contributed by atoms with van der Waals surface area (Å²) >= 11 is 0. The Morgan fingerprint density at radius 1 is 0.958 bits per heavy atom. The smallest absolute Gasteiger partial charge is 0.261 e. The molecule has 0 N–H and O–H groups in total. The highest BCUT2D eigenvalue weighted by molar-refractivity contribution is 7.89. The summed E-state index contributed by atoms with van der Waals surface area (Å²) < 4.78 is 26.1. The molecule has 3 rings (SSSR count). The van der Waals surface area contributed by atoms with E-state index in [2.05, 4.69) is 0 Å². The first kappa shape index (κ1) is 16.6. The molecule has 0 radical (unpaired) electrons. The van der Waals surface area contributed by atoms with Crippen LogP contribution in [-0.2, 0) is 14.8 Å². The van der Waals surface area contributed by atoms with Gasteiger partial charge in [-0.1, -0.05) is 12.1 Å². The number of piperazine rings is 1. The average Bonchev–Trinajstić information content (AvgIpc) is 2.84. The number of carbonyl (C=O) groups excluding carboxylic acids is 3. The highest BCUT2D eigenvalue weighted by atomic mass is 32.2. The molecule has 0 unspecified atom stereocenters. The molecule has 9 heteroatoms. The van der Waals surface area contributed by atoms with Crippen LogP contribution in [0.2, 0.25) is 0 Å². The van der Waals surface area contributed by atoms with Crippen molar-refractivity contribution in [1.29, 1.82) is 0 Å². The highest BCUT2D eigenvalue weighted by Gasteiger charge is 2.36. The van der Waals surface area contributed by atoms with Crippen LogP contribution in [0.5, 0.6) is 0 Å². The van der Waals surface area contributed by atoms with Crippen molar-refractivity contribution in [3.05, 3.63) is 35.4 Å². The minimum atomic E-state index is -3.59. The number of amides is 3. The molecule has 1 saturated heterocycles. The van der Waals surface area contributed by atoms with Crippen molar-refractivity contribution in [1.82, 2.24) is 14.1 Å². The summed E-state index contributed by atoms with van der Waals surface area (Å²) in [5.41, 5.74) is 0.610. The van der Waals surface area contributed by atoms with Crippen LogP contribution in [0.3, 0.4) is 0 Å². The van der Waals surface area contributed by atoms with Gasteiger partial charge < -0.3 is 4.90 Å². The third kappa shape index (κ3) is 2.92. The Morgan fingerprint density at radius 3 is 2.00 bits per heavy atom. The van der Waals surface area contributed by atoms with Gasteiger partial charge in [0.25, 0.3) is 11.8 Å². The molecule has 128 valence electrons. The Labute approximate surface area is 139 Å². The first-order chi connectivity index (χ1) is 11.4. The van der Waals surface area contributed by atoms with Gasteiger partial charge in [0.15, 0.2) is 0 Å². The Bertz CT molecular complexity index is 749. The summed E-state index contributed by atoms with van der Waals surface area (Å²) in [7, 11) is -3.59. The fourth-order valence-corrected chi connectivity index (χ4v) is 4.26. The lowest BCUT2D eigenvalue weighted by Gasteiger charge is -2.32. The Balaban J connectivity index is 1.65. The number of hydrogen-bond acceptors (Lipinski definition) is 5. The number of sulfonamides is 1. The van der Waals surface area contributed by atoms with Gasteiger partial charge in [0.1, 0.15) is 0 Å². The molecule has 3 amide bonds. The molecule has 0 atom stereocenters. The molecule has 0 saturated carbocycles. The minimum absolute atomic E-state index is 0.178. The summed E-state index contributed by atoms with van der Waals surface area (Å²) in [6.45, 7) is 0.959. The van der Waals surface area contributed by atoms with E-state index in [0.29, 0.717) is 30.6 Å². The van der Waals surface area contributed by atoms with Crippen molar-refractivity contribution >= 4 is 28.2 Å². The van der Waals surface area contributed by atoms with Crippen LogP contribution in [0.1, 0.15) is 20.7 Å². The van der Waals surface area contributed by atoms with Crippen molar-refractivity contribution in [3.8, 4) is 0 Å². The average molecular weight is 351 g/mol. The second-order valence-electron chi connectivity index (χ2n) is 5.66. The summed E-state index contributed by atoms with van der Waals surface area (Å²) in [5.74, 6) is -1.24. The van der Waals surface area contributed by atoms with E-state index in [1.807, 2.05) is 0 Å². The van der Waals surface area contributed by atoms with Gasteiger partial charge in [-0.3, -0.25) is 19.3 Å². The number of rotatable bonds is 5. The molecule has 0 aliphatic carbocycles. The van der Waals surface area contributed by atoms with Crippen molar-refractivity contribution < 1.29 is 22.8 Å². The fourth-order valence-electron chi connectivity index (χ4n) is 2.87. The summed E-state index contributed by atoms with van der Waals surface area (Å²) in [6, 6.07) is 6.44. The molecule has 24 heavy (non-hydrogen) atoms. The molecule has 0 bridgehead atoms. The zero-order valence-electron chi connectivity index (χ0n) is 12.9. The molecule has 1 fully saturated rings. The van der Waals surface area contributed by atoms with E-state index in [1.165, 1.54) is 9.21 Å². The number of imide groups is 1. The van der Waals surface area contributed by atoms with E-state index in [0.717, 1.165) is 4.90 Å². The third-order valence-electron chi connectivity index (χ3n) is 4.27. The van der Waals surface area contributed by atoms with Gasteiger partial charge in [0, 0.05) is 32.7 Å². The van der Waals surface area contributed by atoms with Gasteiger partial charge >= 0.3 is 0 Å². The Morgan fingerprint density at radius 2 is 1.50 bits per heavy atom. The van der Waals surface area contributed by atoms with Crippen molar-refractivity contribution in [2.24, 2.45) is 0 Å². The number of carbonyl (C=O) groups is 3. The van der Waals surface area contributed by atoms with Gasteiger partial charge in [0.2, 0.25) is 16.4 Å². The van der Waals surface area contributed by atoms with Gasteiger partial charge in [-0.15, -0.1) is 0 Å². The molecule has 1 aromatic carbocycles. The molecule has 2 aliphatic rings. The minimum Gasteiger partial charge on any atom is -0.343 e. The van der Waals surface area contributed by atoms with Crippen LogP contribution < -0.4 is 0 Å². The zero-order valence-corrected chi connectivity index (χ0v) is 13.7. The first-order valence-electron chi connectivity index (χ1n) is 7.56. The molecule has 8 nitrogen and oxygen atoms in total. The van der Waals surface area contributed by atoms with E-state index >= 15 is 0 Å². The number of benzene rings is 1. The lowest BCUT2D eigenvalue weighted by molar-refractivity contribution is -0.119. The first-order valence-corrected chi connectivity index (χ1v) is 9.17. The second kappa shape index (κ2) is 6.33. The Hall–Kier alpha value is -2.26. The van der Waals surface area contributed by atoms with Crippen molar-refractivity contribution in [3.63, 3.8) is 0 Å². The largest absolute Gasteiger partial charge is 0.343 e. The van der Waals surface area contributed by atoms with E-state index in [-0.39, 0.29) is 25.4 Å². The Kier molecular flexibility index (Phi) is 4.37. The lowest BCUT2D eigenvalue weighted by atomic mass is 10.1. The standard InChI is InChI=1S/C15H17N3O5S/c19-11-16-5-7-17(8-6-16)24(22,23)10-9-18-14(20)12-3-1-2-4-13(12)15(18)21/h1-4,11H,5-10H2. The second-order valence-corrected chi connectivity index (χ2v) is 7.75. The number of fused-ring (bicyclic) bond motifs is 1. The van der Waals surface area contributed by atoms with Gasteiger partial charge in [0.05, 0.1) is 16.9 Å². The molecule has 2 aliphatic heterocycles. The summed E-state index contributed by atoms with van der Waals surface area (Å²) in [4.78, 5) is 37.6. The van der Waals surface area contributed by atoms with Gasteiger partial charge in [-0.05, 0) is 12.1 Å². The van der Waals surface area contributed by atoms with E-state index in [9.17, 15) is 22.8 Å². The molecular weight excluding hydrogens is 334 g/mol. The van der Waals surface area contributed by atoms with Gasteiger partial charge in [-0.25, -0.2) is 8.42 Å². The lowest BCUT2D eigenvalue weighted by Crippen LogP contribution is -2.49. The fraction of sp³-hybridized carbons (Fsp3) is 0.400. The molecule has 2 heterocycles. The van der Waals surface area contributed by atoms with E-state index in [4.69, 9.17) is 0 Å². The number of nitrogens with zero attached hydrogens (tertiary/aromatic N) is 3. The predicted molar refractivity (Wildman–Crippen MR) is 84.8 cm³/mol. The summed E-state index contributed by atoms with van der Waals surface area (Å²) in [6.07, 6.45) is 0.697. The van der Waals surface area contributed by atoms with E-state index < -0.39 is 21.8 Å². The van der Waals surface area contributed by atoms with Crippen molar-refractivity contribution in [2.45, 2.75) is 0 Å². The molecule has 0 aromatic heterocycles. The zero-order chi connectivity index (χ0) is 17.3. The number of hydrogen-bond donors (Lipinski definition) is 0. The topological polar surface area (TPSA) is 95.1 Å². The van der Waals surface area contributed by atoms with Crippen LogP contribution in [-0.4, -0.2) is 79.2 Å². The van der Waals surface area contributed by atoms with Crippen LogP contribution in [0, 0.1) is 0 Å². The maximum atomic E-state index is 12.4. The van der Waals surface area contributed by atoms with Crippen LogP contribution >= 0.6 is 0 Å². The normalized spacial score (nSPS) is 18.8. The molecular formula is C15H17N3O5S. The maximum Gasteiger partial charge on any atom is 0.261 e. The van der Waals surface area contributed by atoms with Crippen LogP contribution in [0.25, 0.3) is 0 Å². The summed E-state index contributed by atoms with van der Waals surface area (Å²) in [5, 5.41) is 0. The quantitative estimate of drug-likeness (QED) is 0.521. The van der Waals surface area contributed by atoms with Crippen LogP contribution in [0.4, 0.5) is 0 Å². The third-order valence-corrected chi connectivity index (χ3v) is 6.12. The maximum absolute atomic E-state index is 12.4. The van der Waals surface area contributed by atoms with Gasteiger partial charge in [-0.2, -0.15) is 4.31 Å². The van der Waals surface area contributed by atoms with Crippen molar-refractivity contribution in [2.75, 3.05) is 38.5 Å². The SMILES string of the molecule is O=CN1CCN(S(=O)(=O)CCN2C(=O)c3ccccc3C2=O)CC1. The van der Waals surface area contributed by atoms with E-state index in [1.54, 1.807) is 24.3 Å².